The third-order valence-corrected chi connectivity index (χ3v) is 7.03. The van der Waals surface area contributed by atoms with Crippen LogP contribution in [-0.4, -0.2) is 27.2 Å². The SMILES string of the molecule is CN(c1ccccc1)S(=O)(=O)c1ccc(C(=O)Oc2ccc(C(=O)c3ccccc3)cc2)cc1. The smallest absolute Gasteiger partial charge is 0.343 e. The molecule has 0 spiro atoms. The van der Waals surface area contributed by atoms with Gasteiger partial charge in [-0.05, 0) is 60.7 Å². The summed E-state index contributed by atoms with van der Waals surface area (Å²) in [5, 5.41) is 0. The van der Waals surface area contributed by atoms with E-state index in [1.54, 1.807) is 78.9 Å². The molecule has 0 bridgehead atoms. The molecule has 0 heterocycles. The minimum atomic E-state index is -3.78. The topological polar surface area (TPSA) is 80.8 Å². The molecule has 0 aromatic heterocycles. The van der Waals surface area contributed by atoms with E-state index in [0.717, 1.165) is 0 Å². The fourth-order valence-corrected chi connectivity index (χ4v) is 4.49. The second kappa shape index (κ2) is 9.72. The summed E-state index contributed by atoms with van der Waals surface area (Å²) >= 11 is 0. The van der Waals surface area contributed by atoms with E-state index >= 15 is 0 Å². The first-order chi connectivity index (χ1) is 16.4. The van der Waals surface area contributed by atoms with E-state index in [2.05, 4.69) is 0 Å². The predicted molar refractivity (Wildman–Crippen MR) is 130 cm³/mol. The van der Waals surface area contributed by atoms with E-state index in [-0.39, 0.29) is 22.0 Å². The summed E-state index contributed by atoms with van der Waals surface area (Å²) in [6.45, 7) is 0. The molecule has 4 rings (SSSR count). The lowest BCUT2D eigenvalue weighted by Crippen LogP contribution is -2.26. The standard InChI is InChI=1S/C27H21NO5S/c1-28(23-10-6-3-7-11-23)34(31,32)25-18-14-22(15-19-25)27(30)33-24-16-12-21(13-17-24)26(29)20-8-4-2-5-9-20/h2-19H,1H3. The van der Waals surface area contributed by atoms with Crippen molar-refractivity contribution < 1.29 is 22.7 Å². The van der Waals surface area contributed by atoms with Crippen LogP contribution < -0.4 is 9.04 Å². The number of sulfonamides is 1. The molecule has 34 heavy (non-hydrogen) atoms. The summed E-state index contributed by atoms with van der Waals surface area (Å²) in [6.07, 6.45) is 0. The average Bonchev–Trinajstić information content (AvgIpc) is 2.89. The zero-order valence-corrected chi connectivity index (χ0v) is 19.1. The van der Waals surface area contributed by atoms with Crippen LogP contribution in [0.1, 0.15) is 26.3 Å². The molecule has 0 N–H and O–H groups in total. The number of benzene rings is 4. The first-order valence-corrected chi connectivity index (χ1v) is 11.9. The Morgan fingerprint density at radius 2 is 1.15 bits per heavy atom. The third-order valence-electron chi connectivity index (χ3n) is 5.23. The lowest BCUT2D eigenvalue weighted by Gasteiger charge is -2.19. The molecule has 0 fully saturated rings. The molecule has 0 aliphatic carbocycles. The first kappa shape index (κ1) is 22.9. The largest absolute Gasteiger partial charge is 0.423 e. The van der Waals surface area contributed by atoms with Gasteiger partial charge in [-0.25, -0.2) is 13.2 Å². The summed E-state index contributed by atoms with van der Waals surface area (Å²) in [5.74, 6) is -0.492. The van der Waals surface area contributed by atoms with Crippen LogP contribution in [0, 0.1) is 0 Å². The van der Waals surface area contributed by atoms with Crippen molar-refractivity contribution in [3.8, 4) is 5.75 Å². The van der Waals surface area contributed by atoms with Crippen LogP contribution in [0.25, 0.3) is 0 Å². The van der Waals surface area contributed by atoms with Crippen LogP contribution in [-0.2, 0) is 10.0 Å². The van der Waals surface area contributed by atoms with Crippen molar-refractivity contribution in [2.45, 2.75) is 4.90 Å². The number of ether oxygens (including phenoxy) is 1. The first-order valence-electron chi connectivity index (χ1n) is 10.4. The van der Waals surface area contributed by atoms with E-state index < -0.39 is 16.0 Å². The fourth-order valence-electron chi connectivity index (χ4n) is 3.29. The van der Waals surface area contributed by atoms with E-state index in [0.29, 0.717) is 16.8 Å². The highest BCUT2D eigenvalue weighted by atomic mass is 32.2. The molecule has 0 radical (unpaired) electrons. The summed E-state index contributed by atoms with van der Waals surface area (Å²) in [4.78, 5) is 25.1. The molecule has 0 atom stereocenters. The zero-order chi connectivity index (χ0) is 24.1. The summed E-state index contributed by atoms with van der Waals surface area (Å²) in [7, 11) is -2.31. The number of nitrogens with zero attached hydrogens (tertiary/aromatic N) is 1. The van der Waals surface area contributed by atoms with Crippen LogP contribution in [0.3, 0.4) is 0 Å². The number of carbonyl (C=O) groups excluding carboxylic acids is 2. The van der Waals surface area contributed by atoms with Crippen molar-refractivity contribution in [3.63, 3.8) is 0 Å². The van der Waals surface area contributed by atoms with Gasteiger partial charge in [0.1, 0.15) is 5.75 Å². The Morgan fingerprint density at radius 3 is 1.74 bits per heavy atom. The van der Waals surface area contributed by atoms with Crippen LogP contribution in [0.15, 0.2) is 114 Å². The molecule has 0 amide bonds. The quantitative estimate of drug-likeness (QED) is 0.216. The van der Waals surface area contributed by atoms with Crippen molar-refractivity contribution in [2.75, 3.05) is 11.4 Å². The van der Waals surface area contributed by atoms with Crippen molar-refractivity contribution in [3.05, 3.63) is 126 Å². The van der Waals surface area contributed by atoms with Gasteiger partial charge in [0.25, 0.3) is 10.0 Å². The van der Waals surface area contributed by atoms with Gasteiger partial charge in [-0.15, -0.1) is 0 Å². The highest BCUT2D eigenvalue weighted by Crippen LogP contribution is 2.23. The Hall–Kier alpha value is -4.23. The van der Waals surface area contributed by atoms with Crippen LogP contribution in [0.4, 0.5) is 5.69 Å². The Morgan fingerprint density at radius 1 is 0.647 bits per heavy atom. The number of esters is 1. The number of para-hydroxylation sites is 1. The van der Waals surface area contributed by atoms with Crippen molar-refractivity contribution >= 4 is 27.5 Å². The average molecular weight is 472 g/mol. The van der Waals surface area contributed by atoms with Gasteiger partial charge in [0.05, 0.1) is 16.1 Å². The fraction of sp³-hybridized carbons (Fsp3) is 0.0370. The number of hydrogen-bond donors (Lipinski definition) is 0. The lowest BCUT2D eigenvalue weighted by molar-refractivity contribution is 0.0734. The molecule has 0 aliphatic heterocycles. The van der Waals surface area contributed by atoms with Crippen LogP contribution >= 0.6 is 0 Å². The molecule has 0 saturated carbocycles. The van der Waals surface area contributed by atoms with Crippen molar-refractivity contribution in [2.24, 2.45) is 0 Å². The van der Waals surface area contributed by atoms with Gasteiger partial charge in [0.2, 0.25) is 0 Å². The number of hydrogen-bond acceptors (Lipinski definition) is 5. The number of anilines is 1. The molecule has 0 unspecified atom stereocenters. The lowest BCUT2D eigenvalue weighted by atomic mass is 10.0. The van der Waals surface area contributed by atoms with Gasteiger partial charge in [-0.2, -0.15) is 0 Å². The molecular formula is C27H21NO5S. The van der Waals surface area contributed by atoms with Gasteiger partial charge in [-0.3, -0.25) is 9.10 Å². The van der Waals surface area contributed by atoms with Gasteiger partial charge in [0, 0.05) is 18.2 Å². The number of carbonyl (C=O) groups is 2. The molecule has 4 aromatic carbocycles. The Labute approximate surface area is 198 Å². The van der Waals surface area contributed by atoms with E-state index in [1.807, 2.05) is 6.07 Å². The van der Waals surface area contributed by atoms with Gasteiger partial charge >= 0.3 is 5.97 Å². The maximum Gasteiger partial charge on any atom is 0.343 e. The second-order valence-corrected chi connectivity index (χ2v) is 9.41. The van der Waals surface area contributed by atoms with Gasteiger partial charge < -0.3 is 4.74 Å². The van der Waals surface area contributed by atoms with E-state index in [9.17, 15) is 18.0 Å². The molecular weight excluding hydrogens is 450 g/mol. The van der Waals surface area contributed by atoms with Crippen molar-refractivity contribution in [1.82, 2.24) is 0 Å². The summed E-state index contributed by atoms with van der Waals surface area (Å²) < 4.78 is 32.3. The predicted octanol–water partition coefficient (Wildman–Crippen LogP) is 4.96. The molecule has 4 aromatic rings. The Balaban J connectivity index is 1.44. The monoisotopic (exact) mass is 471 g/mol. The zero-order valence-electron chi connectivity index (χ0n) is 18.3. The molecule has 6 nitrogen and oxygen atoms in total. The number of ketones is 1. The minimum absolute atomic E-state index is 0.0548. The summed E-state index contributed by atoms with van der Waals surface area (Å²) in [6, 6.07) is 29.4. The summed E-state index contributed by atoms with van der Waals surface area (Å²) in [5.41, 5.74) is 1.77. The molecule has 0 saturated heterocycles. The Kier molecular flexibility index (Phi) is 6.56. The maximum atomic E-state index is 12.9. The highest BCUT2D eigenvalue weighted by Gasteiger charge is 2.22. The van der Waals surface area contributed by atoms with Crippen molar-refractivity contribution in [1.29, 1.82) is 0 Å². The third kappa shape index (κ3) is 4.89. The molecule has 0 aliphatic rings. The second-order valence-electron chi connectivity index (χ2n) is 7.44. The minimum Gasteiger partial charge on any atom is -0.423 e. The highest BCUT2D eigenvalue weighted by molar-refractivity contribution is 7.92. The number of rotatable bonds is 7. The van der Waals surface area contributed by atoms with Crippen LogP contribution in [0.5, 0.6) is 5.75 Å². The maximum absolute atomic E-state index is 12.9. The Bertz CT molecular complexity index is 1400. The van der Waals surface area contributed by atoms with Gasteiger partial charge in [0.15, 0.2) is 5.78 Å². The van der Waals surface area contributed by atoms with E-state index in [4.69, 9.17) is 4.74 Å². The van der Waals surface area contributed by atoms with Gasteiger partial charge in [-0.1, -0.05) is 48.5 Å². The molecule has 7 heteroatoms. The van der Waals surface area contributed by atoms with E-state index in [1.165, 1.54) is 35.6 Å². The van der Waals surface area contributed by atoms with Crippen LogP contribution in [0.2, 0.25) is 0 Å². The molecule has 170 valence electrons. The normalized spacial score (nSPS) is 11.0.